The van der Waals surface area contributed by atoms with E-state index >= 15 is 0 Å². The number of hydrogen-bond acceptors (Lipinski definition) is 3. The van der Waals surface area contributed by atoms with Crippen molar-refractivity contribution in [1.82, 2.24) is 5.32 Å². The largest absolute Gasteiger partial charge is 0.497 e. The first-order valence-electron chi connectivity index (χ1n) is 6.08. The highest BCUT2D eigenvalue weighted by Gasteiger charge is 2.22. The number of hydrogen-bond donors (Lipinski definition) is 1. The lowest BCUT2D eigenvalue weighted by Gasteiger charge is -2.19. The van der Waals surface area contributed by atoms with Gasteiger partial charge in [-0.3, -0.25) is 0 Å². The van der Waals surface area contributed by atoms with Gasteiger partial charge in [-0.15, -0.1) is 11.3 Å². The maximum atomic E-state index is 14.2. The Balaban J connectivity index is 2.45. The summed E-state index contributed by atoms with van der Waals surface area (Å²) >= 11 is 13.4. The summed E-state index contributed by atoms with van der Waals surface area (Å²) in [5.74, 6) is 0.143. The van der Waals surface area contributed by atoms with Crippen LogP contribution >= 0.6 is 34.5 Å². The number of nitrogens with one attached hydrogen (secondary N) is 1. The minimum absolute atomic E-state index is 0.331. The SMILES string of the molecule is CCNC(c1ccc(OC)cc1F)c1cc(Cl)sc1Cl. The van der Waals surface area contributed by atoms with Gasteiger partial charge in [-0.2, -0.15) is 0 Å². The molecule has 2 aromatic rings. The molecule has 0 saturated carbocycles. The van der Waals surface area contributed by atoms with Gasteiger partial charge in [0.25, 0.3) is 0 Å². The summed E-state index contributed by atoms with van der Waals surface area (Å²) in [4.78, 5) is 0. The van der Waals surface area contributed by atoms with Gasteiger partial charge in [-0.1, -0.05) is 36.2 Å². The number of rotatable bonds is 5. The summed E-state index contributed by atoms with van der Waals surface area (Å²) in [7, 11) is 1.51. The van der Waals surface area contributed by atoms with Crippen molar-refractivity contribution in [2.75, 3.05) is 13.7 Å². The number of thiophene rings is 1. The smallest absolute Gasteiger partial charge is 0.132 e. The van der Waals surface area contributed by atoms with Gasteiger partial charge < -0.3 is 10.1 Å². The standard InChI is InChI=1S/C14H14Cl2FNOS/c1-3-18-13(10-7-12(15)20-14(10)16)9-5-4-8(19-2)6-11(9)17/h4-7,13,18H,3H2,1-2H3. The molecule has 0 aliphatic carbocycles. The number of ether oxygens (including phenoxy) is 1. The molecule has 0 fully saturated rings. The Hall–Kier alpha value is -0.810. The first kappa shape index (κ1) is 15.6. The number of methoxy groups -OCH3 is 1. The quantitative estimate of drug-likeness (QED) is 0.840. The summed E-state index contributed by atoms with van der Waals surface area (Å²) < 4.78 is 20.4. The minimum atomic E-state index is -0.339. The van der Waals surface area contributed by atoms with E-state index in [0.717, 1.165) is 5.56 Å². The topological polar surface area (TPSA) is 21.3 Å². The molecule has 0 saturated heterocycles. The molecule has 0 amide bonds. The van der Waals surface area contributed by atoms with Gasteiger partial charge in [0, 0.05) is 17.2 Å². The number of benzene rings is 1. The molecule has 20 heavy (non-hydrogen) atoms. The summed E-state index contributed by atoms with van der Waals surface area (Å²) in [6.07, 6.45) is 0. The van der Waals surface area contributed by atoms with E-state index in [9.17, 15) is 4.39 Å². The lowest BCUT2D eigenvalue weighted by molar-refractivity contribution is 0.410. The summed E-state index contributed by atoms with van der Waals surface area (Å²) in [5.41, 5.74) is 1.30. The predicted molar refractivity (Wildman–Crippen MR) is 82.8 cm³/mol. The molecule has 1 atom stereocenters. The zero-order valence-corrected chi connectivity index (χ0v) is 13.4. The van der Waals surface area contributed by atoms with Gasteiger partial charge >= 0.3 is 0 Å². The normalized spacial score (nSPS) is 12.4. The Kier molecular flexibility index (Phi) is 5.27. The van der Waals surface area contributed by atoms with Crippen LogP contribution in [-0.4, -0.2) is 13.7 Å². The summed E-state index contributed by atoms with van der Waals surface area (Å²) in [6.45, 7) is 2.64. The highest BCUT2D eigenvalue weighted by molar-refractivity contribution is 7.20. The van der Waals surface area contributed by atoms with Crippen molar-refractivity contribution in [3.63, 3.8) is 0 Å². The van der Waals surface area contributed by atoms with Crippen LogP contribution in [0.5, 0.6) is 5.75 Å². The third-order valence-corrected chi connectivity index (χ3v) is 4.44. The second kappa shape index (κ2) is 6.76. The highest BCUT2D eigenvalue weighted by Crippen LogP contribution is 2.38. The first-order chi connectivity index (χ1) is 9.56. The second-order valence-electron chi connectivity index (χ2n) is 4.16. The molecule has 108 valence electrons. The molecule has 6 heteroatoms. The van der Waals surface area contributed by atoms with Gasteiger partial charge in [0.15, 0.2) is 0 Å². The van der Waals surface area contributed by atoms with Gasteiger partial charge in [0.2, 0.25) is 0 Å². The van der Waals surface area contributed by atoms with Crippen LogP contribution in [-0.2, 0) is 0 Å². The summed E-state index contributed by atoms with van der Waals surface area (Å²) in [5, 5.41) is 3.23. The molecule has 1 aromatic carbocycles. The van der Waals surface area contributed by atoms with Crippen LogP contribution in [0.2, 0.25) is 8.67 Å². The fourth-order valence-corrected chi connectivity index (χ4v) is 3.54. The average Bonchev–Trinajstić information content (AvgIpc) is 2.75. The zero-order valence-electron chi connectivity index (χ0n) is 11.0. The van der Waals surface area contributed by atoms with Crippen LogP contribution in [0.1, 0.15) is 24.1 Å². The molecule has 2 nitrogen and oxygen atoms in total. The molecule has 1 heterocycles. The Morgan fingerprint density at radius 1 is 1.30 bits per heavy atom. The average molecular weight is 334 g/mol. The zero-order chi connectivity index (χ0) is 14.7. The molecule has 1 unspecified atom stereocenters. The van der Waals surface area contributed by atoms with Crippen molar-refractivity contribution < 1.29 is 9.13 Å². The van der Waals surface area contributed by atoms with Crippen LogP contribution in [0.15, 0.2) is 24.3 Å². The van der Waals surface area contributed by atoms with Crippen LogP contribution in [0.3, 0.4) is 0 Å². The van der Waals surface area contributed by atoms with E-state index in [-0.39, 0.29) is 11.9 Å². The van der Waals surface area contributed by atoms with Crippen molar-refractivity contribution in [2.24, 2.45) is 0 Å². The van der Waals surface area contributed by atoms with Gasteiger partial charge in [-0.05, 0) is 18.7 Å². The van der Waals surface area contributed by atoms with Crippen LogP contribution in [0, 0.1) is 5.82 Å². The van der Waals surface area contributed by atoms with E-state index in [0.29, 0.717) is 26.5 Å². The summed E-state index contributed by atoms with van der Waals surface area (Å²) in [6, 6.07) is 6.23. The third-order valence-electron chi connectivity index (χ3n) is 2.92. The van der Waals surface area contributed by atoms with Gasteiger partial charge in [0.1, 0.15) is 11.6 Å². The first-order valence-corrected chi connectivity index (χ1v) is 7.65. The van der Waals surface area contributed by atoms with E-state index in [2.05, 4.69) is 5.32 Å². The monoisotopic (exact) mass is 333 g/mol. The van der Waals surface area contributed by atoms with Crippen LogP contribution in [0.25, 0.3) is 0 Å². The molecular weight excluding hydrogens is 320 g/mol. The van der Waals surface area contributed by atoms with E-state index in [1.165, 1.54) is 24.5 Å². The Labute approximate surface area is 131 Å². The molecule has 0 aliphatic rings. The van der Waals surface area contributed by atoms with Crippen molar-refractivity contribution in [2.45, 2.75) is 13.0 Å². The Morgan fingerprint density at radius 3 is 2.55 bits per heavy atom. The van der Waals surface area contributed by atoms with E-state index in [1.54, 1.807) is 18.2 Å². The van der Waals surface area contributed by atoms with Gasteiger partial charge in [-0.25, -0.2) is 4.39 Å². The van der Waals surface area contributed by atoms with Crippen molar-refractivity contribution in [1.29, 1.82) is 0 Å². The lowest BCUT2D eigenvalue weighted by atomic mass is 10.0. The van der Waals surface area contributed by atoms with Crippen molar-refractivity contribution in [3.8, 4) is 5.75 Å². The second-order valence-corrected chi connectivity index (χ2v) is 6.44. The molecule has 0 aliphatic heterocycles. The molecular formula is C14H14Cl2FNOS. The number of halogens is 3. The van der Waals surface area contributed by atoms with Crippen LogP contribution < -0.4 is 10.1 Å². The Morgan fingerprint density at radius 2 is 2.05 bits per heavy atom. The minimum Gasteiger partial charge on any atom is -0.497 e. The Bertz CT molecular complexity index is 603. The molecule has 1 N–H and O–H groups in total. The molecule has 0 bridgehead atoms. The highest BCUT2D eigenvalue weighted by atomic mass is 35.5. The fourth-order valence-electron chi connectivity index (χ4n) is 2.01. The van der Waals surface area contributed by atoms with E-state index < -0.39 is 0 Å². The molecule has 0 radical (unpaired) electrons. The van der Waals surface area contributed by atoms with E-state index in [4.69, 9.17) is 27.9 Å². The molecule has 0 spiro atoms. The maximum Gasteiger partial charge on any atom is 0.132 e. The predicted octanol–water partition coefficient (Wildman–Crippen LogP) is 4.90. The third kappa shape index (κ3) is 3.26. The lowest BCUT2D eigenvalue weighted by Crippen LogP contribution is -2.22. The molecule has 1 aromatic heterocycles. The van der Waals surface area contributed by atoms with Crippen molar-refractivity contribution in [3.05, 3.63) is 49.9 Å². The maximum absolute atomic E-state index is 14.2. The fraction of sp³-hybridized carbons (Fsp3) is 0.286. The van der Waals surface area contributed by atoms with Crippen molar-refractivity contribution >= 4 is 34.5 Å². The molecule has 2 rings (SSSR count). The van der Waals surface area contributed by atoms with Gasteiger partial charge in [0.05, 0.1) is 21.8 Å². The van der Waals surface area contributed by atoms with Crippen LogP contribution in [0.4, 0.5) is 4.39 Å². The van der Waals surface area contributed by atoms with E-state index in [1.807, 2.05) is 6.92 Å².